The zero-order valence-electron chi connectivity index (χ0n) is 17.0. The average Bonchev–Trinajstić information content (AvgIpc) is 2.72. The van der Waals surface area contributed by atoms with Crippen molar-refractivity contribution in [3.05, 3.63) is 12.2 Å². The molecule has 1 atom stereocenters. The second kappa shape index (κ2) is 9.40. The summed E-state index contributed by atoms with van der Waals surface area (Å²) in [4.78, 5) is 11.6. The maximum absolute atomic E-state index is 13.7. The third kappa shape index (κ3) is 4.81. The van der Waals surface area contributed by atoms with Gasteiger partial charge in [-0.15, -0.1) is 0 Å². The van der Waals surface area contributed by atoms with Gasteiger partial charge in [0.15, 0.2) is 0 Å². The zero-order chi connectivity index (χ0) is 28.8. The molecule has 1 aliphatic rings. The van der Waals surface area contributed by atoms with Gasteiger partial charge in [-0.2, -0.15) is 74.6 Å². The molecule has 0 heterocycles. The molecule has 1 rings (SSSR count). The van der Waals surface area contributed by atoms with Gasteiger partial charge in [0.1, 0.15) is 0 Å². The van der Waals surface area contributed by atoms with Gasteiger partial charge in [0.25, 0.3) is 0 Å². The molecular weight excluding hydrogens is 559 g/mol. The maximum atomic E-state index is 13.7. The highest BCUT2D eigenvalue weighted by atomic mass is 19.4. The highest BCUT2D eigenvalue weighted by molar-refractivity contribution is 5.72. The molecule has 212 valence electrons. The summed E-state index contributed by atoms with van der Waals surface area (Å²) in [6.45, 7) is -1.91. The van der Waals surface area contributed by atoms with E-state index < -0.39 is 72.5 Å². The molecule has 0 fully saturated rings. The lowest BCUT2D eigenvalue weighted by Gasteiger charge is -2.42. The first-order valence-electron chi connectivity index (χ1n) is 9.27. The molecule has 2 nitrogen and oxygen atoms in total. The van der Waals surface area contributed by atoms with E-state index >= 15 is 0 Å². The van der Waals surface area contributed by atoms with Crippen molar-refractivity contribution in [2.24, 2.45) is 5.92 Å². The standard InChI is InChI=1S/C17H13F17O2/c18-10(19,6-7-36-9(35)8-4-2-1-3-5-8)11(20,21)12(22,23)13(24,25)14(26,27)15(28,29)16(30,31)17(32,33)34/h1-2,8H,3-7H2. The number of carbonyl (C=O) groups is 1. The van der Waals surface area contributed by atoms with E-state index in [-0.39, 0.29) is 19.3 Å². The first-order valence-corrected chi connectivity index (χ1v) is 9.27. The molecule has 19 heteroatoms. The molecule has 0 saturated carbocycles. The fourth-order valence-electron chi connectivity index (χ4n) is 2.76. The average molecular weight is 572 g/mol. The minimum absolute atomic E-state index is 0.0263. The molecular formula is C17H13F17O2. The molecule has 1 aliphatic carbocycles. The van der Waals surface area contributed by atoms with Gasteiger partial charge in [0.2, 0.25) is 0 Å². The maximum Gasteiger partial charge on any atom is 0.460 e. The molecule has 0 saturated heterocycles. The van der Waals surface area contributed by atoms with Crippen LogP contribution in [0.15, 0.2) is 12.2 Å². The Kier molecular flexibility index (Phi) is 8.37. The fraction of sp³-hybridized carbons (Fsp3) is 0.824. The number of allylic oxidation sites excluding steroid dienone is 2. The summed E-state index contributed by atoms with van der Waals surface area (Å²) in [5.41, 5.74) is 0. The molecule has 0 N–H and O–H groups in total. The number of hydrogen-bond acceptors (Lipinski definition) is 2. The second-order valence-corrected chi connectivity index (χ2v) is 7.55. The number of halogens is 17. The summed E-state index contributed by atoms with van der Waals surface area (Å²) in [5.74, 6) is -59.0. The Bertz CT molecular complexity index is 828. The van der Waals surface area contributed by atoms with Crippen LogP contribution in [0.3, 0.4) is 0 Å². The van der Waals surface area contributed by atoms with Gasteiger partial charge < -0.3 is 4.74 Å². The van der Waals surface area contributed by atoms with Crippen LogP contribution in [0.5, 0.6) is 0 Å². The fourth-order valence-corrected chi connectivity index (χ4v) is 2.76. The Morgan fingerprint density at radius 3 is 1.44 bits per heavy atom. The molecule has 0 aliphatic heterocycles. The van der Waals surface area contributed by atoms with Crippen LogP contribution in [-0.2, 0) is 9.53 Å². The summed E-state index contributed by atoms with van der Waals surface area (Å²) in [6, 6.07) is 0. The van der Waals surface area contributed by atoms with E-state index in [0.29, 0.717) is 0 Å². The monoisotopic (exact) mass is 572 g/mol. The van der Waals surface area contributed by atoms with Crippen molar-refractivity contribution >= 4 is 5.97 Å². The van der Waals surface area contributed by atoms with E-state index in [1.807, 2.05) is 0 Å². The summed E-state index contributed by atoms with van der Waals surface area (Å²) in [6.07, 6.45) is -7.28. The smallest absolute Gasteiger partial charge is 0.460 e. The predicted molar refractivity (Wildman–Crippen MR) is 82.7 cm³/mol. The first kappa shape index (κ1) is 32.0. The number of alkyl halides is 17. The highest BCUT2D eigenvalue weighted by Gasteiger charge is 2.95. The quantitative estimate of drug-likeness (QED) is 0.156. The second-order valence-electron chi connectivity index (χ2n) is 7.55. The van der Waals surface area contributed by atoms with Crippen LogP contribution in [0.1, 0.15) is 25.7 Å². The van der Waals surface area contributed by atoms with E-state index in [1.165, 1.54) is 6.08 Å². The third-order valence-corrected chi connectivity index (χ3v) is 5.05. The summed E-state index contributed by atoms with van der Waals surface area (Å²) >= 11 is 0. The summed E-state index contributed by atoms with van der Waals surface area (Å²) < 4.78 is 228. The van der Waals surface area contributed by atoms with Crippen molar-refractivity contribution in [1.29, 1.82) is 0 Å². The van der Waals surface area contributed by atoms with Crippen LogP contribution in [0.4, 0.5) is 74.6 Å². The van der Waals surface area contributed by atoms with Crippen LogP contribution >= 0.6 is 0 Å². The molecule has 1 unspecified atom stereocenters. The van der Waals surface area contributed by atoms with Gasteiger partial charge in [-0.25, -0.2) is 0 Å². The van der Waals surface area contributed by atoms with Gasteiger partial charge in [-0.3, -0.25) is 4.79 Å². The molecule has 0 radical (unpaired) electrons. The molecule has 0 bridgehead atoms. The Morgan fingerprint density at radius 2 is 1.06 bits per heavy atom. The molecule has 0 aromatic carbocycles. The minimum Gasteiger partial charge on any atom is -0.465 e. The summed E-state index contributed by atoms with van der Waals surface area (Å²) in [7, 11) is 0. The number of carbonyl (C=O) groups excluding carboxylic acids is 1. The van der Waals surface area contributed by atoms with E-state index in [0.717, 1.165) is 0 Å². The number of hydrogen-bond donors (Lipinski definition) is 0. The topological polar surface area (TPSA) is 26.3 Å². The summed E-state index contributed by atoms with van der Waals surface area (Å²) in [5, 5.41) is 0. The molecule has 0 aromatic heterocycles. The van der Waals surface area contributed by atoms with Crippen molar-refractivity contribution in [2.75, 3.05) is 6.61 Å². The Balaban J connectivity index is 3.25. The van der Waals surface area contributed by atoms with Crippen LogP contribution in [0.25, 0.3) is 0 Å². The van der Waals surface area contributed by atoms with Crippen LogP contribution in [0.2, 0.25) is 0 Å². The lowest BCUT2D eigenvalue weighted by atomic mass is 9.88. The van der Waals surface area contributed by atoms with E-state index in [2.05, 4.69) is 4.74 Å². The van der Waals surface area contributed by atoms with Crippen LogP contribution in [0, 0.1) is 5.92 Å². The van der Waals surface area contributed by atoms with Crippen molar-refractivity contribution in [3.63, 3.8) is 0 Å². The highest BCUT2D eigenvalue weighted by Crippen LogP contribution is 2.64. The Labute approximate surface area is 189 Å². The van der Waals surface area contributed by atoms with Crippen molar-refractivity contribution in [3.8, 4) is 0 Å². The minimum atomic E-state index is -8.66. The number of rotatable bonds is 10. The Hall–Kier alpha value is -1.98. The van der Waals surface area contributed by atoms with Crippen molar-refractivity contribution in [1.82, 2.24) is 0 Å². The number of esters is 1. The first-order chi connectivity index (χ1) is 15.7. The normalized spacial score (nSPS) is 19.4. The predicted octanol–water partition coefficient (Wildman–Crippen LogP) is 7.29. The molecule has 0 aromatic rings. The van der Waals surface area contributed by atoms with Gasteiger partial charge in [0, 0.05) is 0 Å². The lowest BCUT2D eigenvalue weighted by molar-refractivity contribution is -0.461. The van der Waals surface area contributed by atoms with Gasteiger partial charge in [-0.05, 0) is 19.3 Å². The van der Waals surface area contributed by atoms with Crippen LogP contribution in [-0.4, -0.2) is 60.2 Å². The third-order valence-electron chi connectivity index (χ3n) is 5.05. The molecule has 0 spiro atoms. The van der Waals surface area contributed by atoms with Gasteiger partial charge in [-0.1, -0.05) is 12.2 Å². The zero-order valence-corrected chi connectivity index (χ0v) is 17.0. The van der Waals surface area contributed by atoms with E-state index in [4.69, 9.17) is 0 Å². The van der Waals surface area contributed by atoms with E-state index in [9.17, 15) is 79.4 Å². The number of ether oxygens (including phenoxy) is 1. The SMILES string of the molecule is O=C(OCCC(F)(F)C(F)(F)C(F)(F)C(F)(F)C(F)(F)C(F)(F)C(F)(F)C(F)(F)F)C1CC=CCC1. The van der Waals surface area contributed by atoms with Gasteiger partial charge >= 0.3 is 53.6 Å². The van der Waals surface area contributed by atoms with Crippen LogP contribution < -0.4 is 0 Å². The van der Waals surface area contributed by atoms with Gasteiger partial charge in [0.05, 0.1) is 18.9 Å². The van der Waals surface area contributed by atoms with Crippen molar-refractivity contribution < 1.29 is 84.2 Å². The molecule has 36 heavy (non-hydrogen) atoms. The lowest BCUT2D eigenvalue weighted by Crippen LogP contribution is -2.74. The largest absolute Gasteiger partial charge is 0.465 e. The molecule has 0 amide bonds. The van der Waals surface area contributed by atoms with Crippen molar-refractivity contribution in [2.45, 2.75) is 73.3 Å². The Morgan fingerprint density at radius 1 is 0.639 bits per heavy atom. The van der Waals surface area contributed by atoms with E-state index in [1.54, 1.807) is 6.08 Å².